The average molecular weight is 961 g/mol. The fraction of sp³-hybridized carbons (Fsp3) is 0.160. The Kier molecular flexibility index (Phi) is 14.7. The first-order chi connectivity index (χ1) is 32.6. The van der Waals surface area contributed by atoms with E-state index in [9.17, 15) is 24.0 Å². The molecular formula is C50H42O16P2. The lowest BCUT2D eigenvalue weighted by molar-refractivity contribution is 0.0975. The quantitative estimate of drug-likeness (QED) is 0.0516. The monoisotopic (exact) mass is 960 g/mol. The van der Waals surface area contributed by atoms with Crippen molar-refractivity contribution in [1.29, 1.82) is 0 Å². The van der Waals surface area contributed by atoms with Crippen molar-refractivity contribution in [3.63, 3.8) is 0 Å². The molecule has 0 saturated heterocycles. The number of Topliss-reactive ketones (excluding diaryl/α,β-unsaturated/α-hetero) is 4. The Morgan fingerprint density at radius 2 is 0.618 bits per heavy atom. The number of carbonyl (C=O) groups excluding carboxylic acids is 6. The molecule has 0 amide bonds. The van der Waals surface area contributed by atoms with Crippen LogP contribution in [0.4, 0.5) is 0 Å². The summed E-state index contributed by atoms with van der Waals surface area (Å²) >= 11 is 0. The first kappa shape index (κ1) is 48.1. The Morgan fingerprint density at radius 1 is 0.353 bits per heavy atom. The molecule has 0 radical (unpaired) electrons. The van der Waals surface area contributed by atoms with Gasteiger partial charge in [0.1, 0.15) is 57.5 Å². The summed E-state index contributed by atoms with van der Waals surface area (Å²) in [5.74, 6) is -1.88. The highest BCUT2D eigenvalue weighted by Gasteiger charge is 2.38. The van der Waals surface area contributed by atoms with Gasteiger partial charge in [0, 0.05) is 35.4 Å². The van der Waals surface area contributed by atoms with E-state index in [1.54, 1.807) is 24.3 Å². The maximum atomic E-state index is 15.1. The van der Waals surface area contributed by atoms with Crippen molar-refractivity contribution in [2.75, 3.05) is 28.4 Å². The number of carbonyl (C=O) groups is 6. The Hall–Kier alpha value is -7.80. The van der Waals surface area contributed by atoms with E-state index in [0.29, 0.717) is 23.0 Å². The molecule has 18 heteroatoms. The minimum atomic E-state index is -2.75. The van der Waals surface area contributed by atoms with Crippen LogP contribution >= 0.6 is 17.2 Å². The lowest BCUT2D eigenvalue weighted by atomic mass is 9.83. The van der Waals surface area contributed by atoms with Gasteiger partial charge in [-0.3, -0.25) is 28.8 Å². The number of ether oxygens (including phenoxy) is 4. The van der Waals surface area contributed by atoms with Crippen LogP contribution in [0.25, 0.3) is 0 Å². The van der Waals surface area contributed by atoms with Crippen LogP contribution in [0.15, 0.2) is 109 Å². The highest BCUT2D eigenvalue weighted by Crippen LogP contribution is 2.51. The Labute approximate surface area is 392 Å². The van der Waals surface area contributed by atoms with E-state index in [2.05, 4.69) is 0 Å². The van der Waals surface area contributed by atoms with Crippen LogP contribution in [0.3, 0.4) is 0 Å². The normalized spacial score (nSPS) is 11.5. The molecule has 6 aromatic rings. The molecule has 0 unspecified atom stereocenters. The number of hydrogen-bond donors (Lipinski definition) is 0. The second-order valence-corrected chi connectivity index (χ2v) is 16.7. The van der Waals surface area contributed by atoms with Gasteiger partial charge in [0.15, 0.2) is 28.9 Å². The first-order valence-corrected chi connectivity index (χ1v) is 22.6. The first-order valence-electron chi connectivity index (χ1n) is 20.4. The molecule has 0 atom stereocenters. The Bertz CT molecular complexity index is 2670. The molecule has 0 saturated carbocycles. The maximum Gasteiger partial charge on any atom is 0.530 e. The van der Waals surface area contributed by atoms with E-state index in [1.165, 1.54) is 141 Å². The van der Waals surface area contributed by atoms with Gasteiger partial charge in [0.05, 0.1) is 61.8 Å². The predicted octanol–water partition coefficient (Wildman–Crippen LogP) is 10.8. The number of fused-ring (bicyclic) bond motifs is 2. The number of rotatable bonds is 20. The van der Waals surface area contributed by atoms with E-state index in [0.717, 1.165) is 0 Å². The molecular weight excluding hydrogens is 918 g/mol. The van der Waals surface area contributed by atoms with E-state index in [4.69, 9.17) is 46.1 Å². The van der Waals surface area contributed by atoms with E-state index in [-0.39, 0.29) is 102 Å². The van der Waals surface area contributed by atoms with Crippen LogP contribution < -0.4 is 46.1 Å². The number of methoxy groups -OCH3 is 4. The second kappa shape index (κ2) is 20.8. The third-order valence-electron chi connectivity index (χ3n) is 10.3. The predicted molar refractivity (Wildman–Crippen MR) is 249 cm³/mol. The molecule has 6 aromatic carbocycles. The van der Waals surface area contributed by atoms with Gasteiger partial charge in [-0.15, -0.1) is 0 Å². The van der Waals surface area contributed by atoms with Gasteiger partial charge < -0.3 is 46.1 Å². The molecule has 0 heterocycles. The number of benzene rings is 6. The molecule has 16 nitrogen and oxygen atoms in total. The second-order valence-electron chi connectivity index (χ2n) is 14.7. The van der Waals surface area contributed by atoms with E-state index < -0.39 is 28.8 Å². The van der Waals surface area contributed by atoms with Crippen molar-refractivity contribution in [3.05, 3.63) is 154 Å². The fourth-order valence-electron chi connectivity index (χ4n) is 6.91. The van der Waals surface area contributed by atoms with Crippen molar-refractivity contribution < 1.29 is 74.9 Å². The maximum absolute atomic E-state index is 15.1. The van der Waals surface area contributed by atoms with E-state index >= 15 is 4.79 Å². The lowest BCUT2D eigenvalue weighted by Crippen LogP contribution is -2.23. The highest BCUT2D eigenvalue weighted by molar-refractivity contribution is 7.43. The Balaban J connectivity index is 1.33. The van der Waals surface area contributed by atoms with Crippen LogP contribution in [0.5, 0.6) is 57.5 Å². The summed E-state index contributed by atoms with van der Waals surface area (Å²) in [6.45, 7) is 5.35. The molecule has 0 spiro atoms. The third-order valence-corrected chi connectivity index (χ3v) is 12.4. The van der Waals surface area contributed by atoms with Crippen LogP contribution in [-0.2, 0) is 0 Å². The molecule has 68 heavy (non-hydrogen) atoms. The minimum absolute atomic E-state index is 0.00949. The van der Waals surface area contributed by atoms with Gasteiger partial charge in [0.25, 0.3) is 0 Å². The molecule has 0 fully saturated rings. The molecule has 0 N–H and O–H groups in total. The van der Waals surface area contributed by atoms with Gasteiger partial charge in [-0.25, -0.2) is 0 Å². The van der Waals surface area contributed by atoms with Crippen LogP contribution in [-0.4, -0.2) is 63.1 Å². The number of hydrogen-bond acceptors (Lipinski definition) is 16. The molecule has 0 aliphatic heterocycles. The molecule has 0 bridgehead atoms. The zero-order valence-electron chi connectivity index (χ0n) is 37.8. The SMILES string of the molecule is COc1ccc(C(C)=O)c(OP(Oc2cc(OC)ccc2C(C)=O)Oc2cccc3c2C(=O)c2c(OP(Oc4cc(OC)ccc4C(C)=O)Oc4cc(OC)ccc4C(C)=O)cccc2C3=O)c1. The minimum Gasteiger partial charge on any atom is -0.497 e. The molecule has 1 aliphatic carbocycles. The van der Waals surface area contributed by atoms with Gasteiger partial charge >= 0.3 is 17.2 Å². The highest BCUT2D eigenvalue weighted by atomic mass is 31.2. The number of ketones is 6. The van der Waals surface area contributed by atoms with Crippen molar-refractivity contribution in [2.24, 2.45) is 0 Å². The van der Waals surface area contributed by atoms with Gasteiger partial charge in [-0.1, -0.05) is 24.3 Å². The van der Waals surface area contributed by atoms with Gasteiger partial charge in [0.2, 0.25) is 5.78 Å². The van der Waals surface area contributed by atoms with Crippen molar-refractivity contribution in [3.8, 4) is 57.5 Å². The summed E-state index contributed by atoms with van der Waals surface area (Å²) in [7, 11) is 0.218. The van der Waals surface area contributed by atoms with Crippen molar-refractivity contribution in [1.82, 2.24) is 0 Å². The third kappa shape index (κ3) is 10.3. The largest absolute Gasteiger partial charge is 0.530 e. The van der Waals surface area contributed by atoms with Gasteiger partial charge in [-0.05, 0) is 88.4 Å². The summed E-state index contributed by atoms with van der Waals surface area (Å²) in [6, 6.07) is 26.8. The molecule has 1 aliphatic rings. The standard InChI is InChI=1S/C50H42O16P2/c1-27(51)35-19-15-31(57-5)23-43(35)63-67(64-44-24-32(58-6)16-20-36(44)28(2)52)61-41-13-9-11-39-47(41)50(56)48-40(49(39)55)12-10-14-42(48)62-68(65-45-25-33(59-7)17-21-37(45)29(3)53)66-46-26-34(60-8)18-22-38(46)30(4)54/h9-26H,1-8H3. The topological polar surface area (TPSA) is 195 Å². The summed E-state index contributed by atoms with van der Waals surface area (Å²) in [5, 5.41) is 0. The summed E-state index contributed by atoms with van der Waals surface area (Å²) in [5.41, 5.74) is 0.0424. The fourth-order valence-corrected chi connectivity index (χ4v) is 9.00. The Morgan fingerprint density at radius 3 is 0.868 bits per heavy atom. The smallest absolute Gasteiger partial charge is 0.497 e. The van der Waals surface area contributed by atoms with E-state index in [1.807, 2.05) is 0 Å². The average Bonchev–Trinajstić information content (AvgIpc) is 3.32. The lowest BCUT2D eigenvalue weighted by Gasteiger charge is -2.25. The van der Waals surface area contributed by atoms with Crippen LogP contribution in [0.2, 0.25) is 0 Å². The van der Waals surface area contributed by atoms with Crippen molar-refractivity contribution >= 4 is 51.9 Å². The van der Waals surface area contributed by atoms with Gasteiger partial charge in [-0.2, -0.15) is 0 Å². The van der Waals surface area contributed by atoms with Crippen LogP contribution in [0, 0.1) is 0 Å². The molecule has 348 valence electrons. The molecule has 7 rings (SSSR count). The summed E-state index contributed by atoms with van der Waals surface area (Å²) < 4.78 is 59.7. The zero-order valence-corrected chi connectivity index (χ0v) is 39.6. The zero-order chi connectivity index (χ0) is 48.8. The van der Waals surface area contributed by atoms with Crippen LogP contribution in [0.1, 0.15) is 101 Å². The molecule has 0 aromatic heterocycles. The summed E-state index contributed by atoms with van der Waals surface area (Å²) in [4.78, 5) is 80.9. The summed E-state index contributed by atoms with van der Waals surface area (Å²) in [6.07, 6.45) is 0. The van der Waals surface area contributed by atoms with Crippen molar-refractivity contribution in [2.45, 2.75) is 27.7 Å².